The minimum absolute atomic E-state index is 0.00639. The number of ether oxygens (including phenoxy) is 6. The highest BCUT2D eigenvalue weighted by molar-refractivity contribution is 6.14. The first-order valence-corrected chi connectivity index (χ1v) is 10.8. The molecule has 2 aromatic carbocycles. The van der Waals surface area contributed by atoms with Gasteiger partial charge in [0.1, 0.15) is 13.1 Å². The molecule has 0 amide bonds. The van der Waals surface area contributed by atoms with E-state index in [2.05, 4.69) is 7.05 Å². The highest BCUT2D eigenvalue weighted by atomic mass is 16.5. The number of benzene rings is 2. The van der Waals surface area contributed by atoms with Crippen LogP contribution in [-0.4, -0.2) is 68.6 Å². The number of carbonyl (C=O) groups is 1. The molecule has 8 heteroatoms. The Kier molecular flexibility index (Phi) is 8.07. The number of carbonyl (C=O) groups excluding carboxylic acids is 1. The molecule has 0 saturated carbocycles. The maximum atomic E-state index is 13.4. The average molecular weight is 471 g/mol. The molecule has 1 aliphatic heterocycles. The van der Waals surface area contributed by atoms with Crippen molar-refractivity contribution in [3.05, 3.63) is 46.5 Å². The van der Waals surface area contributed by atoms with Crippen molar-refractivity contribution in [3.8, 4) is 34.5 Å². The number of piperidine rings is 1. The molecule has 0 radical (unpaired) electrons. The average Bonchev–Trinajstić information content (AvgIpc) is 2.85. The number of methoxy groups -OCH3 is 6. The van der Waals surface area contributed by atoms with Crippen LogP contribution in [0, 0.1) is 0 Å². The van der Waals surface area contributed by atoms with Crippen LogP contribution < -0.4 is 33.3 Å². The van der Waals surface area contributed by atoms with E-state index < -0.39 is 0 Å². The summed E-state index contributed by atoms with van der Waals surface area (Å²) >= 11 is 0. The maximum Gasteiger partial charge on any atom is 0.203 e. The molecule has 0 atom stereocenters. The van der Waals surface area contributed by atoms with Crippen LogP contribution in [0.2, 0.25) is 0 Å². The summed E-state index contributed by atoms with van der Waals surface area (Å²) in [6.07, 6.45) is 3.75. The standard InChI is InChI=1S/C26H31NO7/c1-27-14-18(8-16-10-20(29-2)25(33-6)21(11-16)30-3)24(28)19(15-27)9-17-12-22(31-4)26(34-7)23(13-17)32-5/h8-13H,14-15H2,1-7H3/p+1/b18-8+,19-9+. The molecule has 0 aromatic heterocycles. The van der Waals surface area contributed by atoms with Crippen molar-refractivity contribution in [1.82, 2.24) is 0 Å². The molecule has 1 fully saturated rings. The van der Waals surface area contributed by atoms with Crippen molar-refractivity contribution in [1.29, 1.82) is 0 Å². The molecule has 1 saturated heterocycles. The lowest BCUT2D eigenvalue weighted by atomic mass is 9.94. The van der Waals surface area contributed by atoms with Crippen LogP contribution in [0.3, 0.4) is 0 Å². The van der Waals surface area contributed by atoms with E-state index >= 15 is 0 Å². The fourth-order valence-corrected chi connectivity index (χ4v) is 4.08. The predicted molar refractivity (Wildman–Crippen MR) is 130 cm³/mol. The molecule has 1 N–H and O–H groups in total. The summed E-state index contributed by atoms with van der Waals surface area (Å²) in [5, 5.41) is 0. The normalized spacial score (nSPS) is 18.1. The van der Waals surface area contributed by atoms with Gasteiger partial charge in [0.2, 0.25) is 11.5 Å². The summed E-state index contributed by atoms with van der Waals surface area (Å²) in [4.78, 5) is 14.6. The van der Waals surface area contributed by atoms with Crippen molar-refractivity contribution < 1.29 is 38.1 Å². The van der Waals surface area contributed by atoms with Gasteiger partial charge in [0, 0.05) is 0 Å². The number of quaternary nitrogens is 1. The zero-order valence-corrected chi connectivity index (χ0v) is 20.7. The summed E-state index contributed by atoms with van der Waals surface area (Å²) in [5.74, 6) is 3.14. The van der Waals surface area contributed by atoms with Crippen LogP contribution in [0.25, 0.3) is 12.2 Å². The lowest BCUT2D eigenvalue weighted by molar-refractivity contribution is -0.870. The van der Waals surface area contributed by atoms with Gasteiger partial charge in [0.05, 0.1) is 60.9 Å². The summed E-state index contributed by atoms with van der Waals surface area (Å²) in [5.41, 5.74) is 2.97. The number of likely N-dealkylation sites (tertiary alicyclic amines) is 1. The first kappa shape index (κ1) is 25.0. The molecule has 34 heavy (non-hydrogen) atoms. The molecule has 0 aliphatic carbocycles. The van der Waals surface area contributed by atoms with Crippen LogP contribution in [0.15, 0.2) is 35.4 Å². The Hall–Kier alpha value is -3.65. The molecule has 2 aromatic rings. The fraction of sp³-hybridized carbons (Fsp3) is 0.346. The third kappa shape index (κ3) is 5.12. The predicted octanol–water partition coefficient (Wildman–Crippen LogP) is 2.30. The first-order valence-electron chi connectivity index (χ1n) is 10.8. The molecular weight excluding hydrogens is 438 g/mol. The van der Waals surface area contributed by atoms with E-state index in [9.17, 15) is 4.79 Å². The topological polar surface area (TPSA) is 76.9 Å². The number of nitrogens with one attached hydrogen (secondary N) is 1. The second kappa shape index (κ2) is 11.0. The van der Waals surface area contributed by atoms with Gasteiger partial charge in [-0.15, -0.1) is 0 Å². The van der Waals surface area contributed by atoms with Crippen molar-refractivity contribution in [2.45, 2.75) is 0 Å². The number of likely N-dealkylation sites (N-methyl/N-ethyl adjacent to an activating group) is 1. The number of Topliss-reactive ketones (excluding diaryl/α,β-unsaturated/α-hetero) is 1. The van der Waals surface area contributed by atoms with Crippen LogP contribution in [-0.2, 0) is 4.79 Å². The van der Waals surface area contributed by atoms with E-state index in [0.717, 1.165) is 11.1 Å². The molecule has 182 valence electrons. The van der Waals surface area contributed by atoms with Crippen molar-refractivity contribution >= 4 is 17.9 Å². The molecule has 1 heterocycles. The van der Waals surface area contributed by atoms with E-state index in [-0.39, 0.29) is 5.78 Å². The third-order valence-corrected chi connectivity index (χ3v) is 5.62. The lowest BCUT2D eigenvalue weighted by Crippen LogP contribution is -3.10. The lowest BCUT2D eigenvalue weighted by Gasteiger charge is -2.23. The van der Waals surface area contributed by atoms with E-state index in [0.29, 0.717) is 58.7 Å². The molecule has 1 aliphatic rings. The Labute approximate surface area is 200 Å². The smallest absolute Gasteiger partial charge is 0.203 e. The molecule has 0 unspecified atom stereocenters. The molecule has 8 nitrogen and oxygen atoms in total. The zero-order chi connectivity index (χ0) is 24.8. The van der Waals surface area contributed by atoms with Crippen molar-refractivity contribution in [2.24, 2.45) is 0 Å². The van der Waals surface area contributed by atoms with Gasteiger partial charge >= 0.3 is 0 Å². The summed E-state index contributed by atoms with van der Waals surface area (Å²) in [7, 11) is 11.4. The summed E-state index contributed by atoms with van der Waals surface area (Å²) < 4.78 is 32.6. The van der Waals surface area contributed by atoms with Gasteiger partial charge < -0.3 is 33.3 Å². The van der Waals surface area contributed by atoms with Gasteiger partial charge in [-0.3, -0.25) is 4.79 Å². The van der Waals surface area contributed by atoms with E-state index in [1.165, 1.54) is 4.90 Å². The molecule has 3 rings (SSSR count). The third-order valence-electron chi connectivity index (χ3n) is 5.62. The van der Waals surface area contributed by atoms with Gasteiger partial charge in [-0.1, -0.05) is 0 Å². The maximum absolute atomic E-state index is 13.4. The highest BCUT2D eigenvalue weighted by Crippen LogP contribution is 2.40. The van der Waals surface area contributed by atoms with E-state index in [1.54, 1.807) is 42.7 Å². The van der Waals surface area contributed by atoms with Crippen molar-refractivity contribution in [2.75, 3.05) is 62.8 Å². The molecule has 0 bridgehead atoms. The minimum Gasteiger partial charge on any atom is -0.493 e. The monoisotopic (exact) mass is 470 g/mol. The van der Waals surface area contributed by atoms with Gasteiger partial charge in [-0.2, -0.15) is 0 Å². The van der Waals surface area contributed by atoms with Gasteiger partial charge in [0.25, 0.3) is 0 Å². The zero-order valence-electron chi connectivity index (χ0n) is 20.7. The van der Waals surface area contributed by atoms with Gasteiger partial charge in [-0.25, -0.2) is 0 Å². The minimum atomic E-state index is -0.00639. The molecular formula is C26H32NO7+. The van der Waals surface area contributed by atoms with Crippen LogP contribution >= 0.6 is 0 Å². The highest BCUT2D eigenvalue weighted by Gasteiger charge is 2.28. The largest absolute Gasteiger partial charge is 0.493 e. The Morgan fingerprint density at radius 2 is 0.941 bits per heavy atom. The van der Waals surface area contributed by atoms with Crippen molar-refractivity contribution in [3.63, 3.8) is 0 Å². The van der Waals surface area contributed by atoms with Crippen LogP contribution in [0.4, 0.5) is 0 Å². The SMILES string of the molecule is COc1cc(/C=C2\C[NH+](C)C/C(=C\c3cc(OC)c(OC)c(OC)c3)C2=O)cc(OC)c1OC. The first-order chi connectivity index (χ1) is 16.4. The number of ketones is 1. The van der Waals surface area contributed by atoms with Gasteiger partial charge in [-0.05, 0) is 47.5 Å². The second-order valence-corrected chi connectivity index (χ2v) is 7.90. The fourth-order valence-electron chi connectivity index (χ4n) is 4.08. The number of hydrogen-bond donors (Lipinski definition) is 1. The Morgan fingerprint density at radius 3 is 1.21 bits per heavy atom. The summed E-state index contributed by atoms with van der Waals surface area (Å²) in [6, 6.07) is 7.31. The van der Waals surface area contributed by atoms with E-state index in [1.807, 2.05) is 36.4 Å². The number of rotatable bonds is 8. The number of hydrogen-bond acceptors (Lipinski definition) is 7. The van der Waals surface area contributed by atoms with Gasteiger partial charge in [0.15, 0.2) is 28.8 Å². The van der Waals surface area contributed by atoms with E-state index in [4.69, 9.17) is 28.4 Å². The van der Waals surface area contributed by atoms with Crippen LogP contribution in [0.5, 0.6) is 34.5 Å². The summed E-state index contributed by atoms with van der Waals surface area (Å²) in [6.45, 7) is 1.20. The Balaban J connectivity index is 2.03. The Morgan fingerprint density at radius 1 is 0.618 bits per heavy atom. The second-order valence-electron chi connectivity index (χ2n) is 7.90. The Bertz CT molecular complexity index is 985. The molecule has 0 spiro atoms. The quantitative estimate of drug-likeness (QED) is 0.594. The van der Waals surface area contributed by atoms with Crippen LogP contribution in [0.1, 0.15) is 11.1 Å².